The van der Waals surface area contributed by atoms with Crippen molar-refractivity contribution in [2.45, 2.75) is 58.3 Å². The highest BCUT2D eigenvalue weighted by molar-refractivity contribution is 4.87. The Hall–Kier alpha value is -0.0800. The monoisotopic (exact) mass is 252 g/mol. The first-order chi connectivity index (χ1) is 8.74. The van der Waals surface area contributed by atoms with Gasteiger partial charge in [0.2, 0.25) is 0 Å². The second-order valence-electron chi connectivity index (χ2n) is 6.83. The zero-order chi connectivity index (χ0) is 12.8. The largest absolute Gasteiger partial charge is 0.316 e. The maximum Gasteiger partial charge on any atom is 0.00472 e. The van der Waals surface area contributed by atoms with E-state index in [1.807, 2.05) is 0 Å². The van der Waals surface area contributed by atoms with Gasteiger partial charge < -0.3 is 10.2 Å². The predicted molar refractivity (Wildman–Crippen MR) is 78.9 cm³/mol. The van der Waals surface area contributed by atoms with E-state index in [-0.39, 0.29) is 0 Å². The fourth-order valence-corrected chi connectivity index (χ4v) is 3.64. The standard InChI is InChI=1S/C16H32N2/c1-3-17-13-16(10-6-4-5-7-11-16)14-18(2)12-15-8-9-15/h15,17H,3-14H2,1-2H3. The summed E-state index contributed by atoms with van der Waals surface area (Å²) in [4.78, 5) is 2.63. The number of nitrogens with zero attached hydrogens (tertiary/aromatic N) is 1. The van der Waals surface area contributed by atoms with E-state index in [9.17, 15) is 0 Å². The van der Waals surface area contributed by atoms with E-state index in [2.05, 4.69) is 24.2 Å². The van der Waals surface area contributed by atoms with Crippen LogP contribution in [0.1, 0.15) is 58.3 Å². The quantitative estimate of drug-likeness (QED) is 0.700. The van der Waals surface area contributed by atoms with Crippen molar-refractivity contribution in [2.24, 2.45) is 11.3 Å². The lowest BCUT2D eigenvalue weighted by atomic mass is 9.79. The fraction of sp³-hybridized carbons (Fsp3) is 1.00. The summed E-state index contributed by atoms with van der Waals surface area (Å²) in [5.74, 6) is 1.02. The van der Waals surface area contributed by atoms with Gasteiger partial charge in [-0.1, -0.05) is 32.6 Å². The molecule has 0 saturated heterocycles. The Morgan fingerprint density at radius 2 is 1.78 bits per heavy atom. The van der Waals surface area contributed by atoms with Crippen molar-refractivity contribution in [3.63, 3.8) is 0 Å². The third kappa shape index (κ3) is 4.55. The van der Waals surface area contributed by atoms with E-state index in [1.54, 1.807) is 0 Å². The molecule has 1 N–H and O–H groups in total. The van der Waals surface area contributed by atoms with Crippen molar-refractivity contribution < 1.29 is 0 Å². The van der Waals surface area contributed by atoms with E-state index >= 15 is 0 Å². The number of hydrogen-bond donors (Lipinski definition) is 1. The maximum atomic E-state index is 3.63. The third-order valence-corrected chi connectivity index (χ3v) is 4.79. The second-order valence-corrected chi connectivity index (χ2v) is 6.83. The molecule has 0 bridgehead atoms. The normalized spacial score (nSPS) is 24.2. The van der Waals surface area contributed by atoms with E-state index in [4.69, 9.17) is 0 Å². The SMILES string of the molecule is CCNCC1(CN(C)CC2CC2)CCCCCC1. The molecule has 0 aromatic rings. The van der Waals surface area contributed by atoms with E-state index in [1.165, 1.54) is 71.0 Å². The van der Waals surface area contributed by atoms with Crippen molar-refractivity contribution in [1.82, 2.24) is 10.2 Å². The van der Waals surface area contributed by atoms with Gasteiger partial charge in [0, 0.05) is 19.6 Å². The Bertz CT molecular complexity index is 227. The molecule has 2 fully saturated rings. The summed E-state index contributed by atoms with van der Waals surface area (Å²) in [5, 5.41) is 3.63. The first-order valence-corrected chi connectivity index (χ1v) is 8.13. The van der Waals surface area contributed by atoms with Gasteiger partial charge in [-0.05, 0) is 50.6 Å². The minimum Gasteiger partial charge on any atom is -0.316 e. The van der Waals surface area contributed by atoms with Crippen molar-refractivity contribution in [3.05, 3.63) is 0 Å². The van der Waals surface area contributed by atoms with Crippen molar-refractivity contribution in [3.8, 4) is 0 Å². The Balaban J connectivity index is 1.88. The highest BCUT2D eigenvalue weighted by Crippen LogP contribution is 2.36. The van der Waals surface area contributed by atoms with E-state index in [0.29, 0.717) is 5.41 Å². The molecule has 0 aliphatic heterocycles. The maximum absolute atomic E-state index is 3.63. The van der Waals surface area contributed by atoms with Crippen LogP contribution in [0.25, 0.3) is 0 Å². The smallest absolute Gasteiger partial charge is 0.00472 e. The molecule has 0 unspecified atom stereocenters. The highest BCUT2D eigenvalue weighted by Gasteiger charge is 2.33. The topological polar surface area (TPSA) is 15.3 Å². The van der Waals surface area contributed by atoms with Crippen LogP contribution < -0.4 is 5.32 Å². The Morgan fingerprint density at radius 1 is 1.11 bits per heavy atom. The first-order valence-electron chi connectivity index (χ1n) is 8.13. The molecule has 2 saturated carbocycles. The van der Waals surface area contributed by atoms with Gasteiger partial charge in [0.05, 0.1) is 0 Å². The third-order valence-electron chi connectivity index (χ3n) is 4.79. The number of rotatable bonds is 7. The average molecular weight is 252 g/mol. The molecule has 0 spiro atoms. The van der Waals surface area contributed by atoms with Crippen LogP contribution in [-0.2, 0) is 0 Å². The minimum atomic E-state index is 0.566. The Labute approximate surface area is 114 Å². The Kier molecular flexibility index (Phi) is 5.50. The minimum absolute atomic E-state index is 0.566. The second kappa shape index (κ2) is 6.91. The molecule has 2 nitrogen and oxygen atoms in total. The summed E-state index contributed by atoms with van der Waals surface area (Å²) in [6, 6.07) is 0. The van der Waals surface area contributed by atoms with Crippen LogP contribution in [0.2, 0.25) is 0 Å². The molecule has 0 radical (unpaired) electrons. The van der Waals surface area contributed by atoms with Crippen LogP contribution in [0.5, 0.6) is 0 Å². The zero-order valence-corrected chi connectivity index (χ0v) is 12.5. The van der Waals surface area contributed by atoms with Crippen LogP contribution in [-0.4, -0.2) is 38.1 Å². The van der Waals surface area contributed by atoms with Crippen LogP contribution in [0, 0.1) is 11.3 Å². The lowest BCUT2D eigenvalue weighted by Crippen LogP contribution is -2.43. The van der Waals surface area contributed by atoms with Gasteiger partial charge in [0.15, 0.2) is 0 Å². The first kappa shape index (κ1) is 14.3. The summed E-state index contributed by atoms with van der Waals surface area (Å²) in [5.41, 5.74) is 0.566. The van der Waals surface area contributed by atoms with Crippen molar-refractivity contribution >= 4 is 0 Å². The number of hydrogen-bond acceptors (Lipinski definition) is 2. The van der Waals surface area contributed by atoms with Crippen molar-refractivity contribution in [2.75, 3.05) is 33.2 Å². The fourth-order valence-electron chi connectivity index (χ4n) is 3.64. The summed E-state index contributed by atoms with van der Waals surface area (Å²) in [7, 11) is 2.34. The lowest BCUT2D eigenvalue weighted by Gasteiger charge is -2.37. The molecule has 2 heteroatoms. The van der Waals surface area contributed by atoms with Gasteiger partial charge in [0.1, 0.15) is 0 Å². The summed E-state index contributed by atoms with van der Waals surface area (Å²) >= 11 is 0. The predicted octanol–water partition coefficient (Wildman–Crippen LogP) is 3.28. The van der Waals surface area contributed by atoms with Crippen LogP contribution in [0.15, 0.2) is 0 Å². The molecule has 0 atom stereocenters. The van der Waals surface area contributed by atoms with Gasteiger partial charge in [-0.3, -0.25) is 0 Å². The average Bonchev–Trinajstić information content (AvgIpc) is 3.15. The molecule has 0 aromatic heterocycles. The molecular formula is C16H32N2. The molecule has 0 heterocycles. The summed E-state index contributed by atoms with van der Waals surface area (Å²) in [6.45, 7) is 7.25. The van der Waals surface area contributed by atoms with Gasteiger partial charge in [-0.25, -0.2) is 0 Å². The molecule has 106 valence electrons. The molecule has 2 aliphatic rings. The van der Waals surface area contributed by atoms with Gasteiger partial charge in [-0.2, -0.15) is 0 Å². The van der Waals surface area contributed by atoms with Gasteiger partial charge >= 0.3 is 0 Å². The van der Waals surface area contributed by atoms with Crippen LogP contribution in [0.4, 0.5) is 0 Å². The van der Waals surface area contributed by atoms with E-state index in [0.717, 1.165) is 12.5 Å². The van der Waals surface area contributed by atoms with Crippen molar-refractivity contribution in [1.29, 1.82) is 0 Å². The zero-order valence-electron chi connectivity index (χ0n) is 12.5. The molecule has 0 aromatic carbocycles. The summed E-state index contributed by atoms with van der Waals surface area (Å²) in [6.07, 6.45) is 11.6. The van der Waals surface area contributed by atoms with Crippen LogP contribution >= 0.6 is 0 Å². The van der Waals surface area contributed by atoms with E-state index < -0.39 is 0 Å². The molecule has 2 aliphatic carbocycles. The molecule has 2 rings (SSSR count). The molecule has 0 amide bonds. The molecular weight excluding hydrogens is 220 g/mol. The van der Waals surface area contributed by atoms with Gasteiger partial charge in [0.25, 0.3) is 0 Å². The highest BCUT2D eigenvalue weighted by atomic mass is 15.1. The summed E-state index contributed by atoms with van der Waals surface area (Å²) < 4.78 is 0. The lowest BCUT2D eigenvalue weighted by molar-refractivity contribution is 0.143. The Morgan fingerprint density at radius 3 is 2.33 bits per heavy atom. The number of nitrogens with one attached hydrogen (secondary N) is 1. The van der Waals surface area contributed by atoms with Gasteiger partial charge in [-0.15, -0.1) is 0 Å². The molecule has 18 heavy (non-hydrogen) atoms. The van der Waals surface area contributed by atoms with Crippen LogP contribution in [0.3, 0.4) is 0 Å².